The Hall–Kier alpha value is -4.49. The second kappa shape index (κ2) is 13.2. The Labute approximate surface area is 253 Å². The van der Waals surface area contributed by atoms with Gasteiger partial charge >= 0.3 is 0 Å². The minimum absolute atomic E-state index is 0.0476. The first-order valence-corrected chi connectivity index (χ1v) is 14.9. The average molecular weight is 578 g/mol. The zero-order chi connectivity index (χ0) is 30.4. The molecule has 0 aliphatic carbocycles. The monoisotopic (exact) mass is 577 g/mol. The third kappa shape index (κ3) is 7.30. The first kappa shape index (κ1) is 30.0. The molecule has 1 N–H and O–H groups in total. The minimum Gasteiger partial charge on any atom is -0.388 e. The van der Waals surface area contributed by atoms with Gasteiger partial charge < -0.3 is 19.5 Å². The van der Waals surface area contributed by atoms with Crippen molar-refractivity contribution in [3.05, 3.63) is 130 Å². The summed E-state index contributed by atoms with van der Waals surface area (Å²) in [7, 11) is 1.75. The van der Waals surface area contributed by atoms with Crippen LogP contribution in [0.5, 0.6) is 0 Å². The van der Waals surface area contributed by atoms with E-state index in [0.717, 1.165) is 16.7 Å². The summed E-state index contributed by atoms with van der Waals surface area (Å²) in [5.41, 5.74) is 2.41. The first-order valence-electron chi connectivity index (χ1n) is 14.9. The second-order valence-electron chi connectivity index (χ2n) is 11.7. The number of likely N-dealkylation sites (tertiary alicyclic amines) is 1. The number of aliphatic hydroxyl groups is 1. The molecule has 222 valence electrons. The molecule has 3 aromatic carbocycles. The van der Waals surface area contributed by atoms with Crippen LogP contribution in [-0.4, -0.2) is 57.0 Å². The Bertz CT molecular complexity index is 1590. The molecule has 0 radical (unpaired) electrons. The van der Waals surface area contributed by atoms with Crippen molar-refractivity contribution < 1.29 is 14.7 Å². The number of piperidine rings is 1. The number of rotatable bonds is 9. The Morgan fingerprint density at radius 1 is 0.907 bits per heavy atom. The molecule has 2 amide bonds. The number of carbonyl (C=O) groups excluding carboxylic acids is 2. The van der Waals surface area contributed by atoms with Gasteiger partial charge in [-0.05, 0) is 35.4 Å². The van der Waals surface area contributed by atoms with Gasteiger partial charge in [0.15, 0.2) is 0 Å². The number of carbonyl (C=O) groups is 2. The predicted octanol–water partition coefficient (Wildman–Crippen LogP) is 5.33. The van der Waals surface area contributed by atoms with Gasteiger partial charge in [-0.15, -0.1) is 0 Å². The van der Waals surface area contributed by atoms with Crippen LogP contribution in [0.3, 0.4) is 0 Å². The van der Waals surface area contributed by atoms with E-state index in [0.29, 0.717) is 50.0 Å². The number of hydrogen-bond acceptors (Lipinski definition) is 4. The van der Waals surface area contributed by atoms with Crippen molar-refractivity contribution >= 4 is 11.8 Å². The number of hydrogen-bond donors (Lipinski definition) is 1. The lowest BCUT2D eigenvalue weighted by Gasteiger charge is -2.39. The molecule has 1 fully saturated rings. The molecule has 4 aromatic rings. The highest BCUT2D eigenvalue weighted by atomic mass is 16.3. The number of nitrogens with zero attached hydrogens (tertiary/aromatic N) is 3. The Morgan fingerprint density at radius 2 is 1.49 bits per heavy atom. The van der Waals surface area contributed by atoms with E-state index in [1.807, 2.05) is 95.9 Å². The number of pyridine rings is 1. The Balaban J connectivity index is 1.32. The third-order valence-corrected chi connectivity index (χ3v) is 8.41. The number of amides is 2. The highest BCUT2D eigenvalue weighted by Gasteiger charge is 2.35. The van der Waals surface area contributed by atoms with Gasteiger partial charge in [-0.25, -0.2) is 0 Å². The lowest BCUT2D eigenvalue weighted by Crippen LogP contribution is -2.49. The molecule has 5 rings (SSSR count). The molecule has 1 atom stereocenters. The van der Waals surface area contributed by atoms with Crippen molar-refractivity contribution in [2.45, 2.75) is 50.8 Å². The fraction of sp³-hybridized carbons (Fsp3) is 0.306. The van der Waals surface area contributed by atoms with Crippen molar-refractivity contribution in [2.75, 3.05) is 20.1 Å². The summed E-state index contributed by atoms with van der Waals surface area (Å²) >= 11 is 0. The zero-order valence-corrected chi connectivity index (χ0v) is 24.9. The van der Waals surface area contributed by atoms with E-state index in [9.17, 15) is 19.5 Å². The van der Waals surface area contributed by atoms with Crippen molar-refractivity contribution in [1.82, 2.24) is 14.4 Å². The van der Waals surface area contributed by atoms with Gasteiger partial charge in [0, 0.05) is 50.9 Å². The van der Waals surface area contributed by atoms with E-state index < -0.39 is 5.60 Å². The van der Waals surface area contributed by atoms with Gasteiger partial charge in [0.05, 0.1) is 17.7 Å². The molecule has 1 aromatic heterocycles. The largest absolute Gasteiger partial charge is 0.388 e. The fourth-order valence-electron chi connectivity index (χ4n) is 5.80. The molecule has 0 bridgehead atoms. The lowest BCUT2D eigenvalue weighted by atomic mass is 9.90. The van der Waals surface area contributed by atoms with Crippen LogP contribution >= 0.6 is 0 Å². The van der Waals surface area contributed by atoms with Crippen LogP contribution in [0.25, 0.3) is 11.1 Å². The van der Waals surface area contributed by atoms with Crippen molar-refractivity contribution in [1.29, 1.82) is 0 Å². The van der Waals surface area contributed by atoms with Crippen LogP contribution in [0.4, 0.5) is 0 Å². The summed E-state index contributed by atoms with van der Waals surface area (Å²) in [6.07, 6.45) is 2.70. The summed E-state index contributed by atoms with van der Waals surface area (Å²) in [4.78, 5) is 43.6. The fourth-order valence-corrected chi connectivity index (χ4v) is 5.80. The Kier molecular flexibility index (Phi) is 9.22. The van der Waals surface area contributed by atoms with Gasteiger partial charge in [-0.1, -0.05) is 97.9 Å². The minimum atomic E-state index is -1.17. The van der Waals surface area contributed by atoms with Crippen LogP contribution in [0.1, 0.15) is 53.6 Å². The molecule has 7 nitrogen and oxygen atoms in total. The van der Waals surface area contributed by atoms with E-state index in [2.05, 4.69) is 6.92 Å². The van der Waals surface area contributed by atoms with E-state index in [-0.39, 0.29) is 29.8 Å². The van der Waals surface area contributed by atoms with E-state index in [4.69, 9.17) is 0 Å². The maximum absolute atomic E-state index is 13.8. The normalized spacial score (nSPS) is 15.1. The number of benzene rings is 3. The van der Waals surface area contributed by atoms with Crippen LogP contribution in [0, 0.1) is 0 Å². The van der Waals surface area contributed by atoms with Gasteiger partial charge in [0.1, 0.15) is 0 Å². The summed E-state index contributed by atoms with van der Waals surface area (Å²) < 4.78 is 1.45. The molecule has 1 aliphatic heterocycles. The van der Waals surface area contributed by atoms with Gasteiger partial charge in [-0.2, -0.15) is 0 Å². The van der Waals surface area contributed by atoms with E-state index >= 15 is 0 Å². The molecule has 0 saturated carbocycles. The maximum atomic E-state index is 13.8. The summed E-state index contributed by atoms with van der Waals surface area (Å²) in [5, 5.41) is 11.5. The maximum Gasteiger partial charge on any atom is 0.256 e. The standard InChI is InChI=1S/C36H39N3O4/c1-27(29-14-8-4-9-15-29)22-33(40)38-20-18-36(43,19-21-38)26-39-25-32(31(23-34(39)41)30-16-10-5-11-17-30)35(42)37(2)24-28-12-6-3-7-13-28/h3-17,23,25,27,43H,18-22,24,26H2,1-2H3/t27-/m1/s1. The highest BCUT2D eigenvalue weighted by Crippen LogP contribution is 2.28. The molecule has 7 heteroatoms. The molecular formula is C36H39N3O4. The van der Waals surface area contributed by atoms with E-state index in [1.54, 1.807) is 18.1 Å². The van der Waals surface area contributed by atoms with Gasteiger partial charge in [0.25, 0.3) is 11.5 Å². The van der Waals surface area contributed by atoms with Crippen LogP contribution in [0.15, 0.2) is 108 Å². The topological polar surface area (TPSA) is 82.8 Å². The third-order valence-electron chi connectivity index (χ3n) is 8.41. The summed E-state index contributed by atoms with van der Waals surface area (Å²) in [6.45, 7) is 3.35. The van der Waals surface area contributed by atoms with Crippen LogP contribution in [0.2, 0.25) is 0 Å². The lowest BCUT2D eigenvalue weighted by molar-refractivity contribution is -0.136. The van der Waals surface area contributed by atoms with E-state index in [1.165, 1.54) is 10.6 Å². The van der Waals surface area contributed by atoms with Crippen molar-refractivity contribution in [3.8, 4) is 11.1 Å². The molecule has 43 heavy (non-hydrogen) atoms. The summed E-state index contributed by atoms with van der Waals surface area (Å²) in [5.74, 6) is -0.0410. The van der Waals surface area contributed by atoms with Crippen molar-refractivity contribution in [2.24, 2.45) is 0 Å². The molecular weight excluding hydrogens is 538 g/mol. The zero-order valence-electron chi connectivity index (χ0n) is 24.9. The quantitative estimate of drug-likeness (QED) is 0.291. The molecule has 0 unspecified atom stereocenters. The molecule has 1 saturated heterocycles. The molecule has 2 heterocycles. The summed E-state index contributed by atoms with van der Waals surface area (Å²) in [6, 6.07) is 30.6. The molecule has 0 spiro atoms. The SMILES string of the molecule is C[C@H](CC(=O)N1CCC(O)(Cn2cc(C(=O)N(C)Cc3ccccc3)c(-c3ccccc3)cc2=O)CC1)c1ccccc1. The smallest absolute Gasteiger partial charge is 0.256 e. The second-order valence-corrected chi connectivity index (χ2v) is 11.7. The van der Waals surface area contributed by atoms with Crippen LogP contribution < -0.4 is 5.56 Å². The van der Waals surface area contributed by atoms with Gasteiger partial charge in [-0.3, -0.25) is 14.4 Å². The average Bonchev–Trinajstić information content (AvgIpc) is 3.03. The van der Waals surface area contributed by atoms with Crippen LogP contribution in [-0.2, 0) is 17.9 Å². The Morgan fingerprint density at radius 3 is 2.12 bits per heavy atom. The van der Waals surface area contributed by atoms with Gasteiger partial charge in [0.2, 0.25) is 5.91 Å². The molecule has 1 aliphatic rings. The number of aromatic nitrogens is 1. The predicted molar refractivity (Wildman–Crippen MR) is 169 cm³/mol. The first-order chi connectivity index (χ1) is 20.7. The highest BCUT2D eigenvalue weighted by molar-refractivity contribution is 6.00. The van der Waals surface area contributed by atoms with Crippen molar-refractivity contribution in [3.63, 3.8) is 0 Å².